The fraction of sp³-hybridized carbons (Fsp3) is 0.0952. The van der Waals surface area contributed by atoms with Gasteiger partial charge in [-0.3, -0.25) is 9.59 Å². The van der Waals surface area contributed by atoms with E-state index in [1.807, 2.05) is 6.07 Å². The van der Waals surface area contributed by atoms with Crippen molar-refractivity contribution in [3.63, 3.8) is 0 Å². The van der Waals surface area contributed by atoms with Crippen LogP contribution in [0.4, 0.5) is 14.5 Å². The van der Waals surface area contributed by atoms with Gasteiger partial charge in [-0.1, -0.05) is 0 Å². The Morgan fingerprint density at radius 2 is 1.83 bits per heavy atom. The van der Waals surface area contributed by atoms with E-state index in [0.29, 0.717) is 22.2 Å². The van der Waals surface area contributed by atoms with Crippen LogP contribution in [0.2, 0.25) is 0 Å². The molecule has 0 saturated carbocycles. The summed E-state index contributed by atoms with van der Waals surface area (Å²) in [5, 5.41) is 18.9. The van der Waals surface area contributed by atoms with Gasteiger partial charge >= 0.3 is 5.97 Å². The first-order valence-corrected chi connectivity index (χ1v) is 8.45. The highest BCUT2D eigenvalue weighted by atomic mass is 19.1. The van der Waals surface area contributed by atoms with Gasteiger partial charge in [0.1, 0.15) is 29.8 Å². The van der Waals surface area contributed by atoms with E-state index in [0.717, 1.165) is 0 Å². The van der Waals surface area contributed by atoms with E-state index in [2.05, 4.69) is 0 Å². The Kier molecular flexibility index (Phi) is 5.41. The van der Waals surface area contributed by atoms with E-state index >= 15 is 0 Å². The highest BCUT2D eigenvalue weighted by Gasteiger charge is 2.18. The highest BCUT2D eigenvalue weighted by molar-refractivity contribution is 6.11. The summed E-state index contributed by atoms with van der Waals surface area (Å²) in [7, 11) is 1.44. The van der Waals surface area contributed by atoms with Crippen LogP contribution in [0.25, 0.3) is 17.0 Å². The number of aromatic nitrogens is 1. The number of carbonyl (C=O) groups excluding carboxylic acids is 1. The van der Waals surface area contributed by atoms with Crippen molar-refractivity contribution < 1.29 is 23.5 Å². The van der Waals surface area contributed by atoms with Crippen LogP contribution in [0, 0.1) is 23.0 Å². The van der Waals surface area contributed by atoms with E-state index in [9.17, 15) is 23.6 Å². The molecule has 0 radical (unpaired) electrons. The summed E-state index contributed by atoms with van der Waals surface area (Å²) in [6, 6.07) is 10.8. The monoisotopic (exact) mass is 395 g/mol. The zero-order valence-corrected chi connectivity index (χ0v) is 15.3. The van der Waals surface area contributed by atoms with Crippen LogP contribution < -0.4 is 4.90 Å². The van der Waals surface area contributed by atoms with Crippen molar-refractivity contribution in [2.75, 3.05) is 11.9 Å². The minimum atomic E-state index is -1.09. The van der Waals surface area contributed by atoms with Gasteiger partial charge in [-0.05, 0) is 48.5 Å². The molecule has 146 valence electrons. The zero-order valence-electron chi connectivity index (χ0n) is 15.3. The molecule has 1 heterocycles. The Morgan fingerprint density at radius 3 is 2.45 bits per heavy atom. The van der Waals surface area contributed by atoms with Crippen molar-refractivity contribution in [2.24, 2.45) is 0 Å². The van der Waals surface area contributed by atoms with Gasteiger partial charge in [-0.15, -0.1) is 0 Å². The van der Waals surface area contributed by atoms with E-state index in [4.69, 9.17) is 5.11 Å². The lowest BCUT2D eigenvalue weighted by atomic mass is 10.1. The minimum Gasteiger partial charge on any atom is -0.480 e. The quantitative estimate of drug-likeness (QED) is 0.529. The van der Waals surface area contributed by atoms with Gasteiger partial charge in [0.15, 0.2) is 0 Å². The molecule has 0 fully saturated rings. The number of anilines is 1. The number of hydrogen-bond acceptors (Lipinski definition) is 3. The summed E-state index contributed by atoms with van der Waals surface area (Å²) in [6.45, 7) is -0.360. The van der Waals surface area contributed by atoms with E-state index in [-0.39, 0.29) is 12.1 Å². The first-order chi connectivity index (χ1) is 13.8. The first-order valence-electron chi connectivity index (χ1n) is 8.45. The average molecular weight is 395 g/mol. The van der Waals surface area contributed by atoms with Gasteiger partial charge in [0.25, 0.3) is 5.91 Å². The molecule has 0 bridgehead atoms. The van der Waals surface area contributed by atoms with Gasteiger partial charge in [0.2, 0.25) is 0 Å². The maximum absolute atomic E-state index is 13.7. The number of aliphatic carboxylic acids is 1. The third-order valence-corrected chi connectivity index (χ3v) is 4.35. The van der Waals surface area contributed by atoms with Gasteiger partial charge in [0, 0.05) is 35.4 Å². The number of likely N-dealkylation sites (N-methyl/N-ethyl adjacent to an activating group) is 1. The number of carbonyl (C=O) groups is 2. The molecule has 0 aliphatic carbocycles. The van der Waals surface area contributed by atoms with Crippen LogP contribution in [0.15, 0.2) is 54.2 Å². The predicted molar refractivity (Wildman–Crippen MR) is 103 cm³/mol. The molecule has 6 nitrogen and oxygen atoms in total. The van der Waals surface area contributed by atoms with Gasteiger partial charge < -0.3 is 14.6 Å². The van der Waals surface area contributed by atoms with Gasteiger partial charge in [-0.2, -0.15) is 5.26 Å². The Bertz CT molecular complexity index is 1170. The van der Waals surface area contributed by atoms with Crippen LogP contribution in [-0.2, 0) is 16.1 Å². The summed E-state index contributed by atoms with van der Waals surface area (Å²) in [5.74, 6) is -2.73. The number of nitriles is 1. The topological polar surface area (TPSA) is 86.3 Å². The molecule has 1 amide bonds. The van der Waals surface area contributed by atoms with Crippen LogP contribution in [0.3, 0.4) is 0 Å². The standard InChI is InChI=1S/C21H15F2N3O3/c1-25(17-5-2-15(22)3-6-17)21(29)13(10-24)8-14-11-26(12-20(27)28)19-7-4-16(23)9-18(14)19/h2-9,11H,12H2,1H3,(H,27,28)/b13-8+. The summed E-state index contributed by atoms with van der Waals surface area (Å²) >= 11 is 0. The second-order valence-corrected chi connectivity index (χ2v) is 6.28. The molecular formula is C21H15F2N3O3. The normalized spacial score (nSPS) is 11.3. The minimum absolute atomic E-state index is 0.240. The van der Waals surface area contributed by atoms with Crippen molar-refractivity contribution in [3.05, 3.63) is 71.4 Å². The van der Waals surface area contributed by atoms with E-state index in [1.165, 1.54) is 71.3 Å². The Balaban J connectivity index is 2.04. The van der Waals surface area contributed by atoms with Crippen LogP contribution in [0.1, 0.15) is 5.56 Å². The number of carboxylic acids is 1. The molecule has 2 aromatic carbocycles. The molecule has 1 aromatic heterocycles. The molecule has 3 aromatic rings. The third-order valence-electron chi connectivity index (χ3n) is 4.35. The molecule has 3 rings (SSSR count). The number of carboxylic acid groups (broad SMARTS) is 1. The lowest BCUT2D eigenvalue weighted by Crippen LogP contribution is -2.27. The number of amides is 1. The molecule has 0 atom stereocenters. The number of benzene rings is 2. The lowest BCUT2D eigenvalue weighted by Gasteiger charge is -2.16. The second kappa shape index (κ2) is 7.94. The zero-order chi connectivity index (χ0) is 21.1. The van der Waals surface area contributed by atoms with Crippen molar-refractivity contribution in [1.82, 2.24) is 4.57 Å². The predicted octanol–water partition coefficient (Wildman–Crippen LogP) is 3.57. The molecular weight excluding hydrogens is 380 g/mol. The molecule has 8 heteroatoms. The summed E-state index contributed by atoms with van der Waals surface area (Å²) < 4.78 is 28.2. The smallest absolute Gasteiger partial charge is 0.323 e. The Morgan fingerprint density at radius 1 is 1.17 bits per heavy atom. The van der Waals surface area contributed by atoms with Crippen LogP contribution in [0.5, 0.6) is 0 Å². The Labute approximate surface area is 164 Å². The number of fused-ring (bicyclic) bond motifs is 1. The maximum atomic E-state index is 13.7. The molecule has 0 saturated heterocycles. The molecule has 29 heavy (non-hydrogen) atoms. The van der Waals surface area contributed by atoms with Crippen molar-refractivity contribution in [1.29, 1.82) is 5.26 Å². The average Bonchev–Trinajstić information content (AvgIpc) is 3.01. The third kappa shape index (κ3) is 4.14. The Hall–Kier alpha value is -3.99. The first kappa shape index (κ1) is 19.8. The van der Waals surface area contributed by atoms with Crippen LogP contribution >= 0.6 is 0 Å². The molecule has 0 unspecified atom stereocenters. The largest absolute Gasteiger partial charge is 0.480 e. The van der Waals surface area contributed by atoms with Crippen molar-refractivity contribution in [2.45, 2.75) is 6.54 Å². The summed E-state index contributed by atoms with van der Waals surface area (Å²) in [5.41, 5.74) is 0.933. The van der Waals surface area contributed by atoms with E-state index < -0.39 is 23.5 Å². The number of halogens is 2. The molecule has 1 N–H and O–H groups in total. The SMILES string of the molecule is CN(C(=O)/C(C#N)=C/c1cn(CC(=O)O)c2ccc(F)cc12)c1ccc(F)cc1. The maximum Gasteiger partial charge on any atom is 0.323 e. The molecule has 0 aliphatic rings. The molecule has 0 spiro atoms. The van der Waals surface area contributed by atoms with E-state index in [1.54, 1.807) is 0 Å². The fourth-order valence-corrected chi connectivity index (χ4v) is 2.95. The molecule has 0 aliphatic heterocycles. The highest BCUT2D eigenvalue weighted by Crippen LogP contribution is 2.25. The van der Waals surface area contributed by atoms with Crippen molar-refractivity contribution >= 4 is 34.5 Å². The number of hydrogen-bond donors (Lipinski definition) is 1. The number of nitrogens with zero attached hydrogens (tertiary/aromatic N) is 3. The van der Waals surface area contributed by atoms with Crippen LogP contribution in [-0.4, -0.2) is 28.6 Å². The fourth-order valence-electron chi connectivity index (χ4n) is 2.95. The van der Waals surface area contributed by atoms with Crippen molar-refractivity contribution in [3.8, 4) is 6.07 Å². The second-order valence-electron chi connectivity index (χ2n) is 6.28. The summed E-state index contributed by atoms with van der Waals surface area (Å²) in [4.78, 5) is 25.0. The van der Waals surface area contributed by atoms with Gasteiger partial charge in [0.05, 0.1) is 0 Å². The lowest BCUT2D eigenvalue weighted by molar-refractivity contribution is -0.137. The number of rotatable bonds is 5. The summed E-state index contributed by atoms with van der Waals surface area (Å²) in [6.07, 6.45) is 2.73. The van der Waals surface area contributed by atoms with Gasteiger partial charge in [-0.25, -0.2) is 8.78 Å².